The first-order valence-corrected chi connectivity index (χ1v) is 4.85. The molecule has 0 saturated carbocycles. The Balaban J connectivity index is 2.81. The molecule has 0 aliphatic carbocycles. The number of aromatic nitrogens is 3. The lowest BCUT2D eigenvalue weighted by Gasteiger charge is -2.01. The maximum Gasteiger partial charge on any atom is 0.342 e. The molecule has 2 aromatic rings. The highest BCUT2D eigenvalue weighted by Crippen LogP contribution is 2.21. The Bertz CT molecular complexity index is 574. The zero-order valence-corrected chi connectivity index (χ0v) is 8.93. The topological polar surface area (TPSA) is 87.7 Å². The van der Waals surface area contributed by atoms with Crippen molar-refractivity contribution in [3.8, 4) is 5.88 Å². The van der Waals surface area contributed by atoms with Crippen LogP contribution >= 0.6 is 0 Å². The zero-order valence-electron chi connectivity index (χ0n) is 8.93. The molecule has 84 valence electrons. The molecule has 2 heterocycles. The third-order valence-corrected chi connectivity index (χ3v) is 2.50. The third kappa shape index (κ3) is 1.30. The normalized spacial score (nSPS) is 10.9. The zero-order chi connectivity index (χ0) is 11.9. The first-order chi connectivity index (χ1) is 7.56. The highest BCUT2D eigenvalue weighted by molar-refractivity contribution is 5.90. The van der Waals surface area contributed by atoms with Gasteiger partial charge in [0.25, 0.3) is 0 Å². The Morgan fingerprint density at radius 3 is 2.81 bits per heavy atom. The van der Waals surface area contributed by atoms with Crippen LogP contribution < -0.4 is 0 Å². The van der Waals surface area contributed by atoms with Gasteiger partial charge in [0.05, 0.1) is 5.69 Å². The fourth-order valence-electron chi connectivity index (χ4n) is 1.69. The van der Waals surface area contributed by atoms with Crippen LogP contribution in [0, 0.1) is 6.92 Å². The van der Waals surface area contributed by atoms with Crippen LogP contribution in [-0.2, 0) is 6.42 Å². The van der Waals surface area contributed by atoms with Crippen molar-refractivity contribution in [3.63, 3.8) is 0 Å². The fourth-order valence-corrected chi connectivity index (χ4v) is 1.69. The molecule has 0 bridgehead atoms. The smallest absolute Gasteiger partial charge is 0.342 e. The highest BCUT2D eigenvalue weighted by Gasteiger charge is 2.17. The minimum Gasteiger partial charge on any atom is -0.493 e. The van der Waals surface area contributed by atoms with Gasteiger partial charge in [0.15, 0.2) is 5.65 Å². The van der Waals surface area contributed by atoms with Crippen molar-refractivity contribution in [2.45, 2.75) is 20.3 Å². The number of carbonyl (C=O) groups is 1. The van der Waals surface area contributed by atoms with Crippen LogP contribution in [0.4, 0.5) is 0 Å². The monoisotopic (exact) mass is 221 g/mol. The molecule has 0 saturated heterocycles. The van der Waals surface area contributed by atoms with Crippen LogP contribution in [0.2, 0.25) is 0 Å². The summed E-state index contributed by atoms with van der Waals surface area (Å²) >= 11 is 0. The molecule has 0 aromatic carbocycles. The average Bonchev–Trinajstić information content (AvgIpc) is 2.55. The SMILES string of the molecule is CCc1c(C)nn2c(O)c(C(=O)O)cnc12. The summed E-state index contributed by atoms with van der Waals surface area (Å²) in [5, 5.41) is 22.6. The van der Waals surface area contributed by atoms with Gasteiger partial charge in [0.1, 0.15) is 5.56 Å². The molecule has 2 N–H and O–H groups in total. The lowest BCUT2D eigenvalue weighted by molar-refractivity contribution is 0.0692. The molecule has 0 radical (unpaired) electrons. The van der Waals surface area contributed by atoms with Gasteiger partial charge in [0, 0.05) is 11.8 Å². The summed E-state index contributed by atoms with van der Waals surface area (Å²) in [6, 6.07) is 0. The summed E-state index contributed by atoms with van der Waals surface area (Å²) in [5.41, 5.74) is 1.90. The molecule has 0 fully saturated rings. The Hall–Kier alpha value is -2.11. The Morgan fingerprint density at radius 1 is 1.56 bits per heavy atom. The molecule has 6 heteroatoms. The van der Waals surface area contributed by atoms with Gasteiger partial charge in [-0.15, -0.1) is 0 Å². The van der Waals surface area contributed by atoms with Gasteiger partial charge in [-0.25, -0.2) is 9.78 Å². The van der Waals surface area contributed by atoms with Crippen LogP contribution in [0.5, 0.6) is 5.88 Å². The van der Waals surface area contributed by atoms with Crippen molar-refractivity contribution in [1.82, 2.24) is 14.6 Å². The number of nitrogens with zero attached hydrogens (tertiary/aromatic N) is 3. The quantitative estimate of drug-likeness (QED) is 0.789. The van der Waals surface area contributed by atoms with E-state index in [2.05, 4.69) is 10.1 Å². The highest BCUT2D eigenvalue weighted by atomic mass is 16.4. The van der Waals surface area contributed by atoms with Crippen LogP contribution in [0.3, 0.4) is 0 Å². The van der Waals surface area contributed by atoms with E-state index in [0.29, 0.717) is 5.65 Å². The Kier molecular flexibility index (Phi) is 2.26. The van der Waals surface area contributed by atoms with Crippen molar-refractivity contribution in [2.75, 3.05) is 0 Å². The van der Waals surface area contributed by atoms with E-state index in [0.717, 1.165) is 28.4 Å². The third-order valence-electron chi connectivity index (χ3n) is 2.50. The number of aryl methyl sites for hydroxylation is 2. The van der Waals surface area contributed by atoms with Gasteiger partial charge >= 0.3 is 5.97 Å². The minimum absolute atomic E-state index is 0.252. The summed E-state index contributed by atoms with van der Waals surface area (Å²) in [4.78, 5) is 14.8. The lowest BCUT2D eigenvalue weighted by atomic mass is 10.2. The Labute approximate surface area is 91.2 Å². The second kappa shape index (κ2) is 3.48. The van der Waals surface area contributed by atoms with Gasteiger partial charge in [-0.2, -0.15) is 9.61 Å². The maximum absolute atomic E-state index is 10.8. The molecule has 16 heavy (non-hydrogen) atoms. The first-order valence-electron chi connectivity index (χ1n) is 4.85. The number of rotatable bonds is 2. The number of carboxylic acids is 1. The number of hydrogen-bond donors (Lipinski definition) is 2. The molecule has 0 amide bonds. The second-order valence-corrected chi connectivity index (χ2v) is 3.45. The molecule has 6 nitrogen and oxygen atoms in total. The lowest BCUT2D eigenvalue weighted by Crippen LogP contribution is -2.03. The molecule has 2 aromatic heterocycles. The summed E-state index contributed by atoms with van der Waals surface area (Å²) in [6.45, 7) is 3.75. The molecule has 0 aliphatic heterocycles. The van der Waals surface area contributed by atoms with Crippen molar-refractivity contribution in [3.05, 3.63) is 23.0 Å². The molecular weight excluding hydrogens is 210 g/mol. The van der Waals surface area contributed by atoms with Crippen molar-refractivity contribution in [2.24, 2.45) is 0 Å². The summed E-state index contributed by atoms with van der Waals surface area (Å²) in [7, 11) is 0. The molecule has 0 aliphatic rings. The van der Waals surface area contributed by atoms with Crippen LogP contribution in [0.15, 0.2) is 6.20 Å². The number of aromatic hydroxyl groups is 1. The van der Waals surface area contributed by atoms with Crippen molar-refractivity contribution >= 4 is 11.6 Å². The van der Waals surface area contributed by atoms with Crippen LogP contribution in [0.25, 0.3) is 5.65 Å². The van der Waals surface area contributed by atoms with Gasteiger partial charge in [-0.1, -0.05) is 6.92 Å². The Morgan fingerprint density at radius 2 is 2.25 bits per heavy atom. The number of hydrogen-bond acceptors (Lipinski definition) is 4. The summed E-state index contributed by atoms with van der Waals surface area (Å²) in [5.74, 6) is -1.61. The van der Waals surface area contributed by atoms with E-state index in [-0.39, 0.29) is 11.4 Å². The van der Waals surface area contributed by atoms with Crippen molar-refractivity contribution < 1.29 is 15.0 Å². The van der Waals surface area contributed by atoms with E-state index in [1.807, 2.05) is 6.92 Å². The van der Waals surface area contributed by atoms with E-state index in [1.54, 1.807) is 6.92 Å². The van der Waals surface area contributed by atoms with Gasteiger partial charge in [-0.05, 0) is 13.3 Å². The summed E-state index contributed by atoms with van der Waals surface area (Å²) in [6.07, 6.45) is 1.88. The van der Waals surface area contributed by atoms with E-state index in [4.69, 9.17) is 5.11 Å². The van der Waals surface area contributed by atoms with E-state index in [1.165, 1.54) is 0 Å². The first kappa shape index (κ1) is 10.4. The number of aromatic carboxylic acids is 1. The largest absolute Gasteiger partial charge is 0.493 e. The second-order valence-electron chi connectivity index (χ2n) is 3.45. The van der Waals surface area contributed by atoms with Crippen LogP contribution in [-0.4, -0.2) is 30.8 Å². The molecule has 2 rings (SSSR count). The minimum atomic E-state index is -1.22. The maximum atomic E-state index is 10.8. The van der Waals surface area contributed by atoms with Gasteiger partial charge in [-0.3, -0.25) is 0 Å². The van der Waals surface area contributed by atoms with E-state index >= 15 is 0 Å². The predicted octanol–water partition coefficient (Wildman–Crippen LogP) is 1.00. The number of carboxylic acid groups (broad SMARTS) is 1. The molecule has 0 atom stereocenters. The molecule has 0 unspecified atom stereocenters. The summed E-state index contributed by atoms with van der Waals surface area (Å²) < 4.78 is 1.16. The van der Waals surface area contributed by atoms with Gasteiger partial charge < -0.3 is 10.2 Å². The van der Waals surface area contributed by atoms with Gasteiger partial charge in [0.2, 0.25) is 5.88 Å². The fraction of sp³-hybridized carbons (Fsp3) is 0.300. The van der Waals surface area contributed by atoms with E-state index < -0.39 is 5.97 Å². The standard InChI is InChI=1S/C10H11N3O3/c1-3-6-5(2)12-13-8(6)11-4-7(9(13)14)10(15)16/h4,14H,3H2,1-2H3,(H,15,16). The molecular formula is C10H11N3O3. The number of fused-ring (bicyclic) bond motifs is 1. The molecule has 0 spiro atoms. The van der Waals surface area contributed by atoms with Crippen molar-refractivity contribution in [1.29, 1.82) is 0 Å². The average molecular weight is 221 g/mol. The predicted molar refractivity (Wildman–Crippen MR) is 55.7 cm³/mol. The van der Waals surface area contributed by atoms with Crippen LogP contribution in [0.1, 0.15) is 28.5 Å². The van der Waals surface area contributed by atoms with E-state index in [9.17, 15) is 9.90 Å².